The van der Waals surface area contributed by atoms with Gasteiger partial charge >= 0.3 is 0 Å². The van der Waals surface area contributed by atoms with Crippen LogP contribution < -0.4 is 15.2 Å². The van der Waals surface area contributed by atoms with Crippen LogP contribution in [-0.4, -0.2) is 27.4 Å². The molecular formula is C14H20BrNO3. The highest BCUT2D eigenvalue weighted by Crippen LogP contribution is 2.41. The zero-order chi connectivity index (χ0) is 13.8. The molecule has 1 aromatic rings. The van der Waals surface area contributed by atoms with Gasteiger partial charge in [-0.25, -0.2) is 0 Å². The van der Waals surface area contributed by atoms with Gasteiger partial charge in [0.25, 0.3) is 0 Å². The van der Waals surface area contributed by atoms with E-state index in [0.717, 1.165) is 47.6 Å². The van der Waals surface area contributed by atoms with Gasteiger partial charge in [0, 0.05) is 24.8 Å². The maximum atomic E-state index is 6.41. The molecule has 1 aliphatic heterocycles. The summed E-state index contributed by atoms with van der Waals surface area (Å²) in [6.07, 6.45) is 1.99. The number of rotatable bonds is 4. The van der Waals surface area contributed by atoms with Crippen molar-refractivity contribution >= 4 is 15.9 Å². The maximum Gasteiger partial charge on any atom is 0.141 e. The lowest BCUT2D eigenvalue weighted by molar-refractivity contribution is 0.0581. The predicted molar refractivity (Wildman–Crippen MR) is 77.7 cm³/mol. The van der Waals surface area contributed by atoms with E-state index in [9.17, 15) is 0 Å². The molecule has 4 nitrogen and oxygen atoms in total. The topological polar surface area (TPSA) is 53.7 Å². The van der Waals surface area contributed by atoms with Crippen molar-refractivity contribution in [1.29, 1.82) is 0 Å². The standard InChI is InChI=1S/C14H20BrNO3/c1-17-11-4-3-10(14(18-2)12(11)15)13(16)9-5-7-19-8-6-9/h3-4,9,13H,5-8,16H2,1-2H3. The monoisotopic (exact) mass is 329 g/mol. The highest BCUT2D eigenvalue weighted by Gasteiger charge is 2.26. The summed E-state index contributed by atoms with van der Waals surface area (Å²) in [4.78, 5) is 0. The first-order valence-electron chi connectivity index (χ1n) is 6.42. The van der Waals surface area contributed by atoms with E-state index in [1.807, 2.05) is 12.1 Å². The molecule has 0 aliphatic carbocycles. The molecule has 0 saturated carbocycles. The van der Waals surface area contributed by atoms with Crippen LogP contribution in [0, 0.1) is 5.92 Å². The van der Waals surface area contributed by atoms with Crippen LogP contribution in [0.15, 0.2) is 16.6 Å². The minimum atomic E-state index is -0.0407. The third kappa shape index (κ3) is 3.04. The van der Waals surface area contributed by atoms with E-state index in [1.165, 1.54) is 0 Å². The van der Waals surface area contributed by atoms with Crippen molar-refractivity contribution < 1.29 is 14.2 Å². The zero-order valence-corrected chi connectivity index (χ0v) is 12.9. The number of hydrogen-bond acceptors (Lipinski definition) is 4. The van der Waals surface area contributed by atoms with E-state index in [1.54, 1.807) is 14.2 Å². The SMILES string of the molecule is COc1ccc(C(N)C2CCOCC2)c(OC)c1Br. The number of hydrogen-bond donors (Lipinski definition) is 1. The van der Waals surface area contributed by atoms with Gasteiger partial charge in [0.05, 0.1) is 14.2 Å². The summed E-state index contributed by atoms with van der Waals surface area (Å²) in [5.41, 5.74) is 7.43. The van der Waals surface area contributed by atoms with Crippen molar-refractivity contribution in [2.45, 2.75) is 18.9 Å². The summed E-state index contributed by atoms with van der Waals surface area (Å²) in [5.74, 6) is 1.95. The molecule has 5 heteroatoms. The summed E-state index contributed by atoms with van der Waals surface area (Å²) in [7, 11) is 3.29. The first kappa shape index (κ1) is 14.6. The van der Waals surface area contributed by atoms with Crippen LogP contribution in [0.1, 0.15) is 24.4 Å². The molecule has 106 valence electrons. The van der Waals surface area contributed by atoms with Gasteiger partial charge in [-0.1, -0.05) is 0 Å². The lowest BCUT2D eigenvalue weighted by Crippen LogP contribution is -2.27. The first-order chi connectivity index (χ1) is 9.19. The van der Waals surface area contributed by atoms with Gasteiger partial charge in [-0.15, -0.1) is 0 Å². The van der Waals surface area contributed by atoms with Crippen LogP contribution in [-0.2, 0) is 4.74 Å². The van der Waals surface area contributed by atoms with Crippen molar-refractivity contribution in [2.75, 3.05) is 27.4 Å². The molecule has 1 atom stereocenters. The second-order valence-electron chi connectivity index (χ2n) is 4.68. The summed E-state index contributed by atoms with van der Waals surface area (Å²) >= 11 is 3.51. The van der Waals surface area contributed by atoms with Gasteiger partial charge in [-0.05, 0) is 46.8 Å². The third-order valence-corrected chi connectivity index (χ3v) is 4.40. The Balaban J connectivity index is 2.30. The smallest absolute Gasteiger partial charge is 0.141 e. The number of halogens is 1. The fraction of sp³-hybridized carbons (Fsp3) is 0.571. The third-order valence-electron chi connectivity index (χ3n) is 3.65. The van der Waals surface area contributed by atoms with E-state index >= 15 is 0 Å². The predicted octanol–water partition coefficient (Wildman–Crippen LogP) is 2.89. The Morgan fingerprint density at radius 2 is 1.95 bits per heavy atom. The van der Waals surface area contributed by atoms with E-state index in [4.69, 9.17) is 19.9 Å². The lowest BCUT2D eigenvalue weighted by atomic mass is 9.87. The Morgan fingerprint density at radius 1 is 1.26 bits per heavy atom. The van der Waals surface area contributed by atoms with Crippen LogP contribution in [0.5, 0.6) is 11.5 Å². The number of ether oxygens (including phenoxy) is 3. The lowest BCUT2D eigenvalue weighted by Gasteiger charge is -2.29. The van der Waals surface area contributed by atoms with E-state index < -0.39 is 0 Å². The average Bonchev–Trinajstić information content (AvgIpc) is 2.47. The van der Waals surface area contributed by atoms with E-state index in [0.29, 0.717) is 5.92 Å². The Labute approximate surface area is 122 Å². The normalized spacial score (nSPS) is 18.1. The number of benzene rings is 1. The van der Waals surface area contributed by atoms with Crippen LogP contribution in [0.2, 0.25) is 0 Å². The molecule has 2 rings (SSSR count). The molecule has 1 heterocycles. The van der Waals surface area contributed by atoms with Gasteiger partial charge in [-0.2, -0.15) is 0 Å². The maximum absolute atomic E-state index is 6.41. The zero-order valence-electron chi connectivity index (χ0n) is 11.3. The molecule has 19 heavy (non-hydrogen) atoms. The van der Waals surface area contributed by atoms with E-state index in [2.05, 4.69) is 15.9 Å². The highest BCUT2D eigenvalue weighted by atomic mass is 79.9. The van der Waals surface area contributed by atoms with Gasteiger partial charge in [-0.3, -0.25) is 0 Å². The molecule has 1 aromatic carbocycles. The number of nitrogens with two attached hydrogens (primary N) is 1. The molecule has 1 aliphatic rings. The van der Waals surface area contributed by atoms with Crippen LogP contribution in [0.25, 0.3) is 0 Å². The van der Waals surface area contributed by atoms with Crippen molar-refractivity contribution in [1.82, 2.24) is 0 Å². The second kappa shape index (κ2) is 6.59. The largest absolute Gasteiger partial charge is 0.495 e. The van der Waals surface area contributed by atoms with Gasteiger partial charge in [0.2, 0.25) is 0 Å². The Hall–Kier alpha value is -0.780. The van der Waals surface area contributed by atoms with Crippen molar-refractivity contribution in [3.63, 3.8) is 0 Å². The quantitative estimate of drug-likeness (QED) is 0.922. The molecular weight excluding hydrogens is 310 g/mol. The van der Waals surface area contributed by atoms with Gasteiger partial charge in [0.15, 0.2) is 0 Å². The molecule has 1 fully saturated rings. The summed E-state index contributed by atoms with van der Waals surface area (Å²) in [6.45, 7) is 1.58. The van der Waals surface area contributed by atoms with Crippen molar-refractivity contribution in [3.05, 3.63) is 22.2 Å². The average molecular weight is 330 g/mol. The molecule has 1 saturated heterocycles. The van der Waals surface area contributed by atoms with Crippen LogP contribution in [0.3, 0.4) is 0 Å². The summed E-state index contributed by atoms with van der Waals surface area (Å²) in [5, 5.41) is 0. The van der Waals surface area contributed by atoms with Gasteiger partial charge in [0.1, 0.15) is 16.0 Å². The second-order valence-corrected chi connectivity index (χ2v) is 5.47. The minimum Gasteiger partial charge on any atom is -0.495 e. The summed E-state index contributed by atoms with van der Waals surface area (Å²) in [6, 6.07) is 3.87. The first-order valence-corrected chi connectivity index (χ1v) is 7.22. The molecule has 0 aromatic heterocycles. The molecule has 0 amide bonds. The van der Waals surface area contributed by atoms with Crippen molar-refractivity contribution in [2.24, 2.45) is 11.7 Å². The van der Waals surface area contributed by atoms with Crippen LogP contribution in [0.4, 0.5) is 0 Å². The van der Waals surface area contributed by atoms with Crippen molar-refractivity contribution in [3.8, 4) is 11.5 Å². The molecule has 0 bridgehead atoms. The Morgan fingerprint density at radius 3 is 2.53 bits per heavy atom. The number of methoxy groups -OCH3 is 2. The summed E-state index contributed by atoms with van der Waals surface area (Å²) < 4.78 is 17.0. The Bertz CT molecular complexity index is 433. The fourth-order valence-corrected chi connectivity index (χ4v) is 3.19. The fourth-order valence-electron chi connectivity index (χ4n) is 2.51. The molecule has 1 unspecified atom stereocenters. The minimum absolute atomic E-state index is 0.0407. The van der Waals surface area contributed by atoms with Crippen LogP contribution >= 0.6 is 15.9 Å². The van der Waals surface area contributed by atoms with Gasteiger partial charge < -0.3 is 19.9 Å². The Kier molecular flexibility index (Phi) is 5.07. The van der Waals surface area contributed by atoms with E-state index in [-0.39, 0.29) is 6.04 Å². The molecule has 2 N–H and O–H groups in total. The highest BCUT2D eigenvalue weighted by molar-refractivity contribution is 9.10. The molecule has 0 radical (unpaired) electrons. The molecule has 0 spiro atoms.